The summed E-state index contributed by atoms with van der Waals surface area (Å²) in [5.41, 5.74) is 2.24. The van der Waals surface area contributed by atoms with Crippen molar-refractivity contribution in [2.24, 2.45) is 0 Å². The molecule has 6 heteroatoms. The number of carbonyl (C=O) groups excluding carboxylic acids is 1. The summed E-state index contributed by atoms with van der Waals surface area (Å²) in [7, 11) is 0. The normalized spacial score (nSPS) is 10.6. The van der Waals surface area contributed by atoms with Gasteiger partial charge in [0.05, 0.1) is 6.42 Å². The number of benzene rings is 2. The molecule has 1 N–H and O–H groups in total. The Morgan fingerprint density at radius 3 is 2.55 bits per heavy atom. The number of hydrogen-bond donors (Lipinski definition) is 1. The van der Waals surface area contributed by atoms with E-state index in [1.54, 1.807) is 24.3 Å². The monoisotopic (exact) mass is 325 g/mol. The number of ether oxygens (including phenoxy) is 1. The van der Waals surface area contributed by atoms with Crippen LogP contribution in [0.1, 0.15) is 11.1 Å². The van der Waals surface area contributed by atoms with Gasteiger partial charge in [-0.15, -0.1) is 0 Å². The standard InChI is InChI=1S/C16H14ClF2NO2/c1-10-2-5-12(17)9-14(10)20-15(21)8-11-3-6-13(7-4-11)22-16(18)19/h2-7,9,16H,8H2,1H3,(H,20,21). The number of halogens is 3. The maximum atomic E-state index is 12.0. The van der Waals surface area contributed by atoms with Crippen molar-refractivity contribution in [2.45, 2.75) is 20.0 Å². The van der Waals surface area contributed by atoms with Crippen LogP contribution in [0, 0.1) is 6.92 Å². The van der Waals surface area contributed by atoms with Gasteiger partial charge in [-0.05, 0) is 42.3 Å². The van der Waals surface area contributed by atoms with Crippen molar-refractivity contribution >= 4 is 23.2 Å². The van der Waals surface area contributed by atoms with Gasteiger partial charge in [0.15, 0.2) is 0 Å². The Balaban J connectivity index is 1.98. The summed E-state index contributed by atoms with van der Waals surface area (Å²) >= 11 is 5.89. The summed E-state index contributed by atoms with van der Waals surface area (Å²) in [6, 6.07) is 11.2. The molecule has 116 valence electrons. The topological polar surface area (TPSA) is 38.3 Å². The van der Waals surface area contributed by atoms with Gasteiger partial charge in [-0.1, -0.05) is 29.8 Å². The zero-order valence-electron chi connectivity index (χ0n) is 11.8. The van der Waals surface area contributed by atoms with Crippen LogP contribution >= 0.6 is 11.6 Å². The number of anilines is 1. The Hall–Kier alpha value is -2.14. The van der Waals surface area contributed by atoms with E-state index in [4.69, 9.17) is 11.6 Å². The molecule has 2 rings (SSSR count). The van der Waals surface area contributed by atoms with E-state index < -0.39 is 6.61 Å². The Morgan fingerprint density at radius 2 is 1.91 bits per heavy atom. The van der Waals surface area contributed by atoms with Crippen molar-refractivity contribution in [3.05, 3.63) is 58.6 Å². The number of carbonyl (C=O) groups is 1. The van der Waals surface area contributed by atoms with Gasteiger partial charge in [0, 0.05) is 10.7 Å². The fourth-order valence-corrected chi connectivity index (χ4v) is 2.07. The molecular formula is C16H14ClF2NO2. The van der Waals surface area contributed by atoms with Crippen LogP contribution in [0.2, 0.25) is 5.02 Å². The maximum absolute atomic E-state index is 12.0. The number of rotatable bonds is 5. The van der Waals surface area contributed by atoms with Crippen LogP contribution < -0.4 is 10.1 Å². The Morgan fingerprint density at radius 1 is 1.23 bits per heavy atom. The molecule has 22 heavy (non-hydrogen) atoms. The number of nitrogens with one attached hydrogen (secondary N) is 1. The molecule has 0 aliphatic carbocycles. The minimum absolute atomic E-state index is 0.0600. The van der Waals surface area contributed by atoms with E-state index in [-0.39, 0.29) is 18.1 Å². The highest BCUT2D eigenvalue weighted by Crippen LogP contribution is 2.21. The highest BCUT2D eigenvalue weighted by molar-refractivity contribution is 6.31. The zero-order valence-corrected chi connectivity index (χ0v) is 12.5. The largest absolute Gasteiger partial charge is 0.435 e. The zero-order chi connectivity index (χ0) is 16.1. The van der Waals surface area contributed by atoms with E-state index in [0.717, 1.165) is 5.56 Å². The first-order chi connectivity index (χ1) is 10.4. The van der Waals surface area contributed by atoms with Crippen LogP contribution in [0.5, 0.6) is 5.75 Å². The number of hydrogen-bond acceptors (Lipinski definition) is 2. The third kappa shape index (κ3) is 4.70. The fourth-order valence-electron chi connectivity index (χ4n) is 1.90. The minimum Gasteiger partial charge on any atom is -0.435 e. The summed E-state index contributed by atoms with van der Waals surface area (Å²) in [4.78, 5) is 12.0. The molecular weight excluding hydrogens is 312 g/mol. The van der Waals surface area contributed by atoms with Crippen LogP contribution in [-0.2, 0) is 11.2 Å². The molecule has 0 saturated carbocycles. The van der Waals surface area contributed by atoms with Crippen molar-refractivity contribution in [2.75, 3.05) is 5.32 Å². The Labute approximate surface area is 131 Å². The predicted molar refractivity (Wildman–Crippen MR) is 81.6 cm³/mol. The quantitative estimate of drug-likeness (QED) is 0.883. The second-order valence-corrected chi connectivity index (χ2v) is 5.14. The number of alkyl halides is 2. The predicted octanol–water partition coefficient (Wildman–Crippen LogP) is 4.43. The summed E-state index contributed by atoms with van der Waals surface area (Å²) in [5.74, 6) is -0.155. The van der Waals surface area contributed by atoms with Gasteiger partial charge in [0.1, 0.15) is 5.75 Å². The Kier molecular flexibility index (Phi) is 5.33. The molecule has 0 heterocycles. The molecule has 0 aliphatic heterocycles. The summed E-state index contributed by atoms with van der Waals surface area (Å²) < 4.78 is 28.3. The highest BCUT2D eigenvalue weighted by Gasteiger charge is 2.08. The average Bonchev–Trinajstić information content (AvgIpc) is 2.44. The second kappa shape index (κ2) is 7.22. The molecule has 1 amide bonds. The van der Waals surface area contributed by atoms with Crippen LogP contribution in [0.15, 0.2) is 42.5 Å². The lowest BCUT2D eigenvalue weighted by molar-refractivity contribution is -0.115. The van der Waals surface area contributed by atoms with E-state index in [0.29, 0.717) is 16.3 Å². The maximum Gasteiger partial charge on any atom is 0.387 e. The third-order valence-corrected chi connectivity index (χ3v) is 3.22. The SMILES string of the molecule is Cc1ccc(Cl)cc1NC(=O)Cc1ccc(OC(F)F)cc1. The van der Waals surface area contributed by atoms with Gasteiger partial charge >= 0.3 is 6.61 Å². The van der Waals surface area contributed by atoms with E-state index in [2.05, 4.69) is 10.1 Å². The molecule has 2 aromatic rings. The van der Waals surface area contributed by atoms with Gasteiger partial charge in [-0.25, -0.2) is 0 Å². The fraction of sp³-hybridized carbons (Fsp3) is 0.188. The van der Waals surface area contributed by atoms with Gasteiger partial charge in [0.25, 0.3) is 0 Å². The molecule has 0 saturated heterocycles. The lowest BCUT2D eigenvalue weighted by Gasteiger charge is -2.09. The van der Waals surface area contributed by atoms with Crippen molar-refractivity contribution in [1.82, 2.24) is 0 Å². The van der Waals surface area contributed by atoms with Gasteiger partial charge in [-0.3, -0.25) is 4.79 Å². The number of aryl methyl sites for hydroxylation is 1. The van der Waals surface area contributed by atoms with Gasteiger partial charge in [-0.2, -0.15) is 8.78 Å². The van der Waals surface area contributed by atoms with Crippen molar-refractivity contribution in [3.63, 3.8) is 0 Å². The van der Waals surface area contributed by atoms with Crippen molar-refractivity contribution in [1.29, 1.82) is 0 Å². The van der Waals surface area contributed by atoms with E-state index in [1.807, 2.05) is 13.0 Å². The molecule has 0 fully saturated rings. The molecule has 0 bridgehead atoms. The van der Waals surface area contributed by atoms with E-state index in [9.17, 15) is 13.6 Å². The molecule has 3 nitrogen and oxygen atoms in total. The van der Waals surface area contributed by atoms with Gasteiger partial charge in [0.2, 0.25) is 5.91 Å². The average molecular weight is 326 g/mol. The van der Waals surface area contributed by atoms with Gasteiger partial charge < -0.3 is 10.1 Å². The van der Waals surface area contributed by atoms with Crippen LogP contribution in [0.25, 0.3) is 0 Å². The molecule has 0 unspecified atom stereocenters. The summed E-state index contributed by atoms with van der Waals surface area (Å²) in [6.45, 7) is -0.998. The number of amides is 1. The minimum atomic E-state index is -2.86. The lowest BCUT2D eigenvalue weighted by Crippen LogP contribution is -2.15. The molecule has 0 spiro atoms. The lowest BCUT2D eigenvalue weighted by atomic mass is 10.1. The van der Waals surface area contributed by atoms with E-state index in [1.165, 1.54) is 12.1 Å². The first kappa shape index (κ1) is 16.2. The van der Waals surface area contributed by atoms with Crippen LogP contribution in [0.3, 0.4) is 0 Å². The highest BCUT2D eigenvalue weighted by atomic mass is 35.5. The second-order valence-electron chi connectivity index (χ2n) is 4.71. The molecule has 0 aromatic heterocycles. The first-order valence-electron chi connectivity index (χ1n) is 6.54. The first-order valence-corrected chi connectivity index (χ1v) is 6.91. The van der Waals surface area contributed by atoms with Crippen molar-refractivity contribution in [3.8, 4) is 5.75 Å². The third-order valence-electron chi connectivity index (χ3n) is 2.99. The molecule has 0 aliphatic rings. The van der Waals surface area contributed by atoms with Crippen molar-refractivity contribution < 1.29 is 18.3 Å². The summed E-state index contributed by atoms with van der Waals surface area (Å²) in [5, 5.41) is 3.31. The molecule has 0 atom stereocenters. The summed E-state index contributed by atoms with van der Waals surface area (Å²) in [6.07, 6.45) is 0.126. The van der Waals surface area contributed by atoms with Crippen LogP contribution in [-0.4, -0.2) is 12.5 Å². The Bertz CT molecular complexity index is 660. The van der Waals surface area contributed by atoms with E-state index >= 15 is 0 Å². The molecule has 0 radical (unpaired) electrons. The van der Waals surface area contributed by atoms with Crippen LogP contribution in [0.4, 0.5) is 14.5 Å². The molecule has 2 aromatic carbocycles. The smallest absolute Gasteiger partial charge is 0.387 e.